The summed E-state index contributed by atoms with van der Waals surface area (Å²) in [6.45, 7) is 6.44. The Balaban J connectivity index is 1.70. The lowest BCUT2D eigenvalue weighted by Gasteiger charge is -2.20. The Bertz CT molecular complexity index is 975. The average Bonchev–Trinajstić information content (AvgIpc) is 3.12. The van der Waals surface area contributed by atoms with Gasteiger partial charge in [-0.05, 0) is 36.1 Å². The molecule has 3 aromatic rings. The molecule has 0 saturated carbocycles. The van der Waals surface area contributed by atoms with E-state index in [1.54, 1.807) is 34.4 Å². The van der Waals surface area contributed by atoms with Gasteiger partial charge in [-0.2, -0.15) is 0 Å². The fourth-order valence-electron chi connectivity index (χ4n) is 2.63. The molecule has 2 heterocycles. The van der Waals surface area contributed by atoms with Crippen LogP contribution in [0.3, 0.4) is 0 Å². The van der Waals surface area contributed by atoms with Gasteiger partial charge in [0, 0.05) is 28.9 Å². The molecule has 0 saturated heterocycles. The van der Waals surface area contributed by atoms with Gasteiger partial charge in [0.1, 0.15) is 11.3 Å². The highest BCUT2D eigenvalue weighted by atomic mass is 32.1. The van der Waals surface area contributed by atoms with Crippen LogP contribution < -0.4 is 10.4 Å². The normalized spacial score (nSPS) is 10.7. The van der Waals surface area contributed by atoms with E-state index in [0.717, 1.165) is 15.8 Å². The van der Waals surface area contributed by atoms with Crippen LogP contribution in [0, 0.1) is 6.92 Å². The third kappa shape index (κ3) is 4.21. The lowest BCUT2D eigenvalue weighted by molar-refractivity contribution is -0.133. The number of rotatable bonds is 7. The van der Waals surface area contributed by atoms with Crippen LogP contribution >= 0.6 is 11.3 Å². The first-order valence-electron chi connectivity index (χ1n) is 8.15. The first-order valence-corrected chi connectivity index (χ1v) is 9.03. The Kier molecular flexibility index (Phi) is 5.53. The zero-order chi connectivity index (χ0) is 18.5. The van der Waals surface area contributed by atoms with Crippen molar-refractivity contribution in [3.05, 3.63) is 75.3 Å². The molecule has 0 bridgehead atoms. The molecule has 1 amide bonds. The zero-order valence-corrected chi connectivity index (χ0v) is 15.3. The fourth-order valence-corrected chi connectivity index (χ4v) is 3.35. The fraction of sp³-hybridized carbons (Fsp3) is 0.200. The molecule has 0 atom stereocenters. The van der Waals surface area contributed by atoms with Gasteiger partial charge in [-0.1, -0.05) is 12.1 Å². The predicted molar refractivity (Wildman–Crippen MR) is 103 cm³/mol. The van der Waals surface area contributed by atoms with Crippen molar-refractivity contribution in [3.63, 3.8) is 0 Å². The van der Waals surface area contributed by atoms with E-state index >= 15 is 0 Å². The quantitative estimate of drug-likeness (QED) is 0.470. The van der Waals surface area contributed by atoms with Crippen molar-refractivity contribution >= 4 is 28.2 Å². The third-order valence-corrected chi connectivity index (χ3v) is 4.78. The van der Waals surface area contributed by atoms with Crippen LogP contribution in [0.15, 0.2) is 63.6 Å². The highest BCUT2D eigenvalue weighted by molar-refractivity contribution is 7.09. The average molecular weight is 369 g/mol. The molecule has 134 valence electrons. The zero-order valence-electron chi connectivity index (χ0n) is 14.4. The van der Waals surface area contributed by atoms with Crippen LogP contribution in [0.2, 0.25) is 0 Å². The summed E-state index contributed by atoms with van der Waals surface area (Å²) in [5.41, 5.74) is 0.879. The van der Waals surface area contributed by atoms with Gasteiger partial charge < -0.3 is 14.1 Å². The van der Waals surface area contributed by atoms with Crippen molar-refractivity contribution in [3.8, 4) is 5.75 Å². The number of aryl methyl sites for hydroxylation is 1. The number of nitrogens with zero attached hydrogens (tertiary/aromatic N) is 1. The van der Waals surface area contributed by atoms with E-state index in [-0.39, 0.29) is 12.5 Å². The minimum atomic E-state index is -0.406. The third-order valence-electron chi connectivity index (χ3n) is 3.91. The molecule has 5 nitrogen and oxygen atoms in total. The number of carbonyl (C=O) groups excluding carboxylic acids is 1. The molecule has 3 rings (SSSR count). The van der Waals surface area contributed by atoms with Crippen LogP contribution in [0.1, 0.15) is 10.4 Å². The number of ether oxygens (including phenoxy) is 1. The Hall–Kier alpha value is -2.86. The van der Waals surface area contributed by atoms with E-state index in [1.165, 1.54) is 6.07 Å². The highest BCUT2D eigenvalue weighted by Crippen LogP contribution is 2.22. The van der Waals surface area contributed by atoms with E-state index in [4.69, 9.17) is 9.15 Å². The van der Waals surface area contributed by atoms with Crippen molar-refractivity contribution in [2.75, 3.05) is 13.2 Å². The number of hydrogen-bond donors (Lipinski definition) is 0. The second-order valence-corrected chi connectivity index (χ2v) is 6.87. The standard InChI is InChI=1S/C20H19NO4S/c1-3-8-21(12-16-5-4-9-26-16)19(22)13-24-15-6-7-17-14(2)10-20(23)25-18(17)11-15/h3-7,9-11H,1,8,12-13H2,2H3. The molecular formula is C20H19NO4S. The predicted octanol–water partition coefficient (Wildman–Crippen LogP) is 3.76. The summed E-state index contributed by atoms with van der Waals surface area (Å²) in [5.74, 6) is 0.346. The molecule has 0 aliphatic heterocycles. The van der Waals surface area contributed by atoms with E-state index in [2.05, 4.69) is 6.58 Å². The van der Waals surface area contributed by atoms with Crippen LogP contribution in [0.5, 0.6) is 5.75 Å². The van der Waals surface area contributed by atoms with Crippen molar-refractivity contribution in [2.45, 2.75) is 13.5 Å². The molecule has 0 fully saturated rings. The van der Waals surface area contributed by atoms with Crippen LogP contribution in [-0.2, 0) is 11.3 Å². The summed E-state index contributed by atoms with van der Waals surface area (Å²) in [7, 11) is 0. The van der Waals surface area contributed by atoms with Gasteiger partial charge in [-0.25, -0.2) is 4.79 Å². The Morgan fingerprint density at radius 3 is 2.92 bits per heavy atom. The summed E-state index contributed by atoms with van der Waals surface area (Å²) >= 11 is 1.60. The summed E-state index contributed by atoms with van der Waals surface area (Å²) in [5, 5.41) is 2.82. The van der Waals surface area contributed by atoms with E-state index in [0.29, 0.717) is 24.4 Å². The molecule has 0 aliphatic rings. The number of benzene rings is 1. The largest absolute Gasteiger partial charge is 0.484 e. The van der Waals surface area contributed by atoms with Gasteiger partial charge in [0.25, 0.3) is 5.91 Å². The second kappa shape index (κ2) is 8.01. The van der Waals surface area contributed by atoms with Gasteiger partial charge in [0.05, 0.1) is 6.54 Å². The van der Waals surface area contributed by atoms with Gasteiger partial charge in [0.15, 0.2) is 6.61 Å². The minimum absolute atomic E-state index is 0.0965. The summed E-state index contributed by atoms with van der Waals surface area (Å²) in [6.07, 6.45) is 1.69. The van der Waals surface area contributed by atoms with Crippen LogP contribution in [0.25, 0.3) is 11.0 Å². The summed E-state index contributed by atoms with van der Waals surface area (Å²) < 4.78 is 10.8. The maximum Gasteiger partial charge on any atom is 0.336 e. The van der Waals surface area contributed by atoms with E-state index in [1.807, 2.05) is 30.5 Å². The molecule has 0 spiro atoms. The van der Waals surface area contributed by atoms with Crippen molar-refractivity contribution in [1.82, 2.24) is 4.90 Å². The molecule has 0 aliphatic carbocycles. The van der Waals surface area contributed by atoms with Gasteiger partial charge in [-0.3, -0.25) is 4.79 Å². The molecule has 0 N–H and O–H groups in total. The number of fused-ring (bicyclic) bond motifs is 1. The lowest BCUT2D eigenvalue weighted by atomic mass is 10.1. The topological polar surface area (TPSA) is 59.8 Å². The Morgan fingerprint density at radius 1 is 1.35 bits per heavy atom. The molecule has 0 radical (unpaired) electrons. The van der Waals surface area contributed by atoms with Crippen LogP contribution in [0.4, 0.5) is 0 Å². The monoisotopic (exact) mass is 369 g/mol. The van der Waals surface area contributed by atoms with Crippen molar-refractivity contribution < 1.29 is 13.9 Å². The van der Waals surface area contributed by atoms with E-state index in [9.17, 15) is 9.59 Å². The summed E-state index contributed by atoms with van der Waals surface area (Å²) in [6, 6.07) is 10.6. The number of hydrogen-bond acceptors (Lipinski definition) is 5. The summed E-state index contributed by atoms with van der Waals surface area (Å²) in [4.78, 5) is 26.8. The van der Waals surface area contributed by atoms with Gasteiger partial charge >= 0.3 is 5.63 Å². The van der Waals surface area contributed by atoms with Gasteiger partial charge in [0.2, 0.25) is 0 Å². The molecule has 0 unspecified atom stereocenters. The Morgan fingerprint density at radius 2 is 2.19 bits per heavy atom. The SMILES string of the molecule is C=CCN(Cc1cccs1)C(=O)COc1ccc2c(C)cc(=O)oc2c1. The highest BCUT2D eigenvalue weighted by Gasteiger charge is 2.14. The van der Waals surface area contributed by atoms with E-state index < -0.39 is 5.63 Å². The molecule has 2 aromatic heterocycles. The molecule has 26 heavy (non-hydrogen) atoms. The smallest absolute Gasteiger partial charge is 0.336 e. The molecule has 6 heteroatoms. The van der Waals surface area contributed by atoms with Crippen molar-refractivity contribution in [1.29, 1.82) is 0 Å². The first-order chi connectivity index (χ1) is 12.6. The first kappa shape index (κ1) is 17.9. The van der Waals surface area contributed by atoms with Gasteiger partial charge in [-0.15, -0.1) is 17.9 Å². The lowest BCUT2D eigenvalue weighted by Crippen LogP contribution is -2.34. The Labute approximate surface area is 155 Å². The number of carbonyl (C=O) groups is 1. The molecular weight excluding hydrogens is 350 g/mol. The maximum absolute atomic E-state index is 12.5. The number of amides is 1. The van der Waals surface area contributed by atoms with Crippen LogP contribution in [-0.4, -0.2) is 24.0 Å². The van der Waals surface area contributed by atoms with Crippen molar-refractivity contribution in [2.24, 2.45) is 0 Å². The second-order valence-electron chi connectivity index (χ2n) is 5.84. The minimum Gasteiger partial charge on any atom is -0.484 e. The number of thiophene rings is 1. The molecule has 1 aromatic carbocycles. The maximum atomic E-state index is 12.5.